The number of anilines is 1. The van der Waals surface area contributed by atoms with E-state index >= 15 is 0 Å². The molecule has 0 spiro atoms. The van der Waals surface area contributed by atoms with Crippen molar-refractivity contribution in [2.45, 2.75) is 12.5 Å². The topological polar surface area (TPSA) is 41.3 Å². The van der Waals surface area contributed by atoms with Crippen molar-refractivity contribution in [1.82, 2.24) is 9.55 Å². The van der Waals surface area contributed by atoms with Crippen LogP contribution in [0.3, 0.4) is 0 Å². The molecular formula is C8H12ClN3O. The van der Waals surface area contributed by atoms with E-state index in [9.17, 15) is 5.11 Å². The molecule has 1 unspecified atom stereocenters. The van der Waals surface area contributed by atoms with Crippen LogP contribution in [0.15, 0.2) is 6.33 Å². The molecule has 1 N–H and O–H groups in total. The Balaban J connectivity index is 2.21. The maximum Gasteiger partial charge on any atom is 0.166 e. The summed E-state index contributed by atoms with van der Waals surface area (Å²) in [7, 11) is 1.85. The maximum absolute atomic E-state index is 9.34. The quantitative estimate of drug-likeness (QED) is 0.725. The highest BCUT2D eigenvalue weighted by Crippen LogP contribution is 2.26. The summed E-state index contributed by atoms with van der Waals surface area (Å²) < 4.78 is 1.77. The van der Waals surface area contributed by atoms with Crippen molar-refractivity contribution in [3.8, 4) is 0 Å². The second-order valence-corrected chi connectivity index (χ2v) is 3.72. The van der Waals surface area contributed by atoms with E-state index in [1.54, 1.807) is 10.9 Å². The van der Waals surface area contributed by atoms with Crippen LogP contribution in [0.4, 0.5) is 5.82 Å². The first-order valence-corrected chi connectivity index (χ1v) is 4.66. The number of hydrogen-bond donors (Lipinski definition) is 1. The smallest absolute Gasteiger partial charge is 0.166 e. The summed E-state index contributed by atoms with van der Waals surface area (Å²) in [6.45, 7) is 1.47. The third-order valence-electron chi connectivity index (χ3n) is 2.31. The number of nitrogens with zero attached hydrogens (tertiary/aromatic N) is 3. The van der Waals surface area contributed by atoms with Crippen molar-refractivity contribution in [2.24, 2.45) is 7.05 Å². The first-order chi connectivity index (χ1) is 6.18. The standard InChI is InChI=1S/C8H12ClN3O/c1-11-5-10-8(7(11)9)12-3-2-6(13)4-12/h5-6,13H,2-4H2,1H3. The molecule has 0 radical (unpaired) electrons. The summed E-state index contributed by atoms with van der Waals surface area (Å²) in [5.41, 5.74) is 0. The molecule has 4 nitrogen and oxygen atoms in total. The second kappa shape index (κ2) is 3.20. The molecule has 0 amide bonds. The molecule has 5 heteroatoms. The van der Waals surface area contributed by atoms with Gasteiger partial charge < -0.3 is 14.6 Å². The van der Waals surface area contributed by atoms with Gasteiger partial charge in [-0.1, -0.05) is 11.6 Å². The minimum absolute atomic E-state index is 0.238. The lowest BCUT2D eigenvalue weighted by molar-refractivity contribution is 0.198. The molecule has 1 atom stereocenters. The van der Waals surface area contributed by atoms with E-state index in [4.69, 9.17) is 11.6 Å². The van der Waals surface area contributed by atoms with Gasteiger partial charge in [-0.2, -0.15) is 0 Å². The molecule has 1 aliphatic heterocycles. The average Bonchev–Trinajstić information content (AvgIpc) is 2.62. The fourth-order valence-corrected chi connectivity index (χ4v) is 1.76. The normalized spacial score (nSPS) is 22.7. The first-order valence-electron chi connectivity index (χ1n) is 4.28. The van der Waals surface area contributed by atoms with Crippen LogP contribution >= 0.6 is 11.6 Å². The van der Waals surface area contributed by atoms with E-state index in [1.807, 2.05) is 11.9 Å². The molecule has 0 aliphatic carbocycles. The lowest BCUT2D eigenvalue weighted by Gasteiger charge is -2.14. The number of imidazole rings is 1. The van der Waals surface area contributed by atoms with Crippen LogP contribution in [-0.4, -0.2) is 33.9 Å². The number of aliphatic hydroxyl groups is 1. The minimum atomic E-state index is -0.238. The van der Waals surface area contributed by atoms with Crippen molar-refractivity contribution in [3.05, 3.63) is 11.5 Å². The minimum Gasteiger partial charge on any atom is -0.391 e. The maximum atomic E-state index is 9.34. The van der Waals surface area contributed by atoms with E-state index in [0.29, 0.717) is 11.7 Å². The van der Waals surface area contributed by atoms with E-state index in [2.05, 4.69) is 4.98 Å². The fraction of sp³-hybridized carbons (Fsp3) is 0.625. The van der Waals surface area contributed by atoms with Gasteiger partial charge in [0.15, 0.2) is 11.0 Å². The van der Waals surface area contributed by atoms with Crippen LogP contribution < -0.4 is 4.90 Å². The molecule has 1 aromatic rings. The highest BCUT2D eigenvalue weighted by Gasteiger charge is 2.24. The van der Waals surface area contributed by atoms with Crippen molar-refractivity contribution in [2.75, 3.05) is 18.0 Å². The van der Waals surface area contributed by atoms with Gasteiger partial charge in [0, 0.05) is 20.1 Å². The van der Waals surface area contributed by atoms with Gasteiger partial charge in [0.2, 0.25) is 0 Å². The molecule has 0 aromatic carbocycles. The summed E-state index contributed by atoms with van der Waals surface area (Å²) in [6.07, 6.45) is 2.24. The van der Waals surface area contributed by atoms with Crippen LogP contribution in [0, 0.1) is 0 Å². The van der Waals surface area contributed by atoms with Gasteiger partial charge in [-0.05, 0) is 6.42 Å². The van der Waals surface area contributed by atoms with E-state index in [0.717, 1.165) is 18.8 Å². The van der Waals surface area contributed by atoms with Crippen LogP contribution in [0.25, 0.3) is 0 Å². The lowest BCUT2D eigenvalue weighted by Crippen LogP contribution is -2.21. The third-order valence-corrected chi connectivity index (χ3v) is 2.75. The van der Waals surface area contributed by atoms with Gasteiger partial charge in [0.05, 0.1) is 12.4 Å². The fourth-order valence-electron chi connectivity index (χ4n) is 1.55. The van der Waals surface area contributed by atoms with Crippen LogP contribution in [0.2, 0.25) is 5.15 Å². The van der Waals surface area contributed by atoms with E-state index in [1.165, 1.54) is 0 Å². The Labute approximate surface area is 81.7 Å². The molecule has 2 heterocycles. The largest absolute Gasteiger partial charge is 0.391 e. The number of β-amino-alcohol motifs (C(OH)–C–C–N with tert-alkyl or cyclic N) is 1. The monoisotopic (exact) mass is 201 g/mol. The van der Waals surface area contributed by atoms with Crippen molar-refractivity contribution >= 4 is 17.4 Å². The van der Waals surface area contributed by atoms with Gasteiger partial charge in [-0.25, -0.2) is 4.98 Å². The third kappa shape index (κ3) is 1.51. The molecule has 2 rings (SSSR count). The summed E-state index contributed by atoms with van der Waals surface area (Å²) in [6, 6.07) is 0. The summed E-state index contributed by atoms with van der Waals surface area (Å²) in [4.78, 5) is 6.18. The summed E-state index contributed by atoms with van der Waals surface area (Å²) >= 11 is 6.01. The zero-order valence-electron chi connectivity index (χ0n) is 7.44. The van der Waals surface area contributed by atoms with Gasteiger partial charge in [0.25, 0.3) is 0 Å². The lowest BCUT2D eigenvalue weighted by atomic mass is 10.3. The highest BCUT2D eigenvalue weighted by molar-refractivity contribution is 6.32. The van der Waals surface area contributed by atoms with Crippen molar-refractivity contribution in [3.63, 3.8) is 0 Å². The van der Waals surface area contributed by atoms with Gasteiger partial charge in [-0.15, -0.1) is 0 Å². The number of aliphatic hydroxyl groups excluding tert-OH is 1. The number of aromatic nitrogens is 2. The highest BCUT2D eigenvalue weighted by atomic mass is 35.5. The van der Waals surface area contributed by atoms with E-state index in [-0.39, 0.29) is 6.10 Å². The zero-order valence-corrected chi connectivity index (χ0v) is 8.20. The number of hydrogen-bond acceptors (Lipinski definition) is 3. The number of rotatable bonds is 1. The van der Waals surface area contributed by atoms with Gasteiger partial charge in [0.1, 0.15) is 0 Å². The summed E-state index contributed by atoms with van der Waals surface area (Å²) in [5, 5.41) is 9.97. The molecule has 0 bridgehead atoms. The Bertz CT molecular complexity index is 312. The Kier molecular flexibility index (Phi) is 2.17. The zero-order chi connectivity index (χ0) is 9.42. The molecule has 1 aromatic heterocycles. The average molecular weight is 202 g/mol. The molecule has 1 aliphatic rings. The SMILES string of the molecule is Cn1cnc(N2CCC(O)C2)c1Cl. The molecular weight excluding hydrogens is 190 g/mol. The Morgan fingerprint density at radius 1 is 1.69 bits per heavy atom. The van der Waals surface area contributed by atoms with Crippen LogP contribution in [-0.2, 0) is 7.05 Å². The molecule has 1 fully saturated rings. The number of aryl methyl sites for hydroxylation is 1. The number of halogens is 1. The van der Waals surface area contributed by atoms with Crippen molar-refractivity contribution < 1.29 is 5.11 Å². The molecule has 72 valence electrons. The summed E-state index contributed by atoms with van der Waals surface area (Å²) in [5.74, 6) is 0.778. The molecule has 1 saturated heterocycles. The van der Waals surface area contributed by atoms with Gasteiger partial charge in [-0.3, -0.25) is 0 Å². The van der Waals surface area contributed by atoms with Crippen LogP contribution in [0.5, 0.6) is 0 Å². The second-order valence-electron chi connectivity index (χ2n) is 3.36. The Morgan fingerprint density at radius 3 is 2.92 bits per heavy atom. The first kappa shape index (κ1) is 8.84. The molecule has 0 saturated carbocycles. The van der Waals surface area contributed by atoms with Crippen molar-refractivity contribution in [1.29, 1.82) is 0 Å². The predicted molar refractivity (Wildman–Crippen MR) is 51.1 cm³/mol. The van der Waals surface area contributed by atoms with Gasteiger partial charge >= 0.3 is 0 Å². The van der Waals surface area contributed by atoms with Crippen LogP contribution in [0.1, 0.15) is 6.42 Å². The predicted octanol–water partition coefficient (Wildman–Crippen LogP) is 0.644. The molecule has 13 heavy (non-hydrogen) atoms. The Hall–Kier alpha value is -0.740. The van der Waals surface area contributed by atoms with E-state index < -0.39 is 0 Å². The Morgan fingerprint density at radius 2 is 2.46 bits per heavy atom.